The number of unbranched alkanes of at least 4 members (excludes halogenated alkanes) is 33. The Morgan fingerprint density at radius 2 is 0.494 bits per heavy atom. The Hall–Kier alpha value is -3.93. The molecule has 1 atom stereocenters. The molecule has 6 heteroatoms. The normalized spacial score (nSPS) is 12.8. The summed E-state index contributed by atoms with van der Waals surface area (Å²) in [4.78, 5) is 38.4. The van der Waals surface area contributed by atoms with E-state index in [0.717, 1.165) is 89.9 Å². The third kappa shape index (κ3) is 66.8. The van der Waals surface area contributed by atoms with Crippen molar-refractivity contribution in [3.8, 4) is 0 Å². The molecular weight excluding hydrogens is 997 g/mol. The molecule has 81 heavy (non-hydrogen) atoms. The van der Waals surface area contributed by atoms with Gasteiger partial charge in [0.05, 0.1) is 0 Å². The van der Waals surface area contributed by atoms with Gasteiger partial charge in [-0.2, -0.15) is 0 Å². The van der Waals surface area contributed by atoms with Crippen molar-refractivity contribution in [1.82, 2.24) is 0 Å². The highest BCUT2D eigenvalue weighted by atomic mass is 16.6. The number of esters is 3. The third-order valence-electron chi connectivity index (χ3n) is 14.7. The zero-order chi connectivity index (χ0) is 58.5. The number of carbonyl (C=O) groups is 3. The monoisotopic (exact) mass is 1120 g/mol. The van der Waals surface area contributed by atoms with E-state index in [-0.39, 0.29) is 37.5 Å². The van der Waals surface area contributed by atoms with Crippen LogP contribution >= 0.6 is 0 Å². The molecule has 0 heterocycles. The molecule has 0 bridgehead atoms. The van der Waals surface area contributed by atoms with Gasteiger partial charge >= 0.3 is 17.9 Å². The second-order valence-electron chi connectivity index (χ2n) is 22.7. The Kier molecular flexibility index (Phi) is 65.2. The summed E-state index contributed by atoms with van der Waals surface area (Å²) in [7, 11) is 0. The van der Waals surface area contributed by atoms with Gasteiger partial charge in [0.15, 0.2) is 6.10 Å². The van der Waals surface area contributed by atoms with Gasteiger partial charge in [-0.3, -0.25) is 14.4 Å². The Morgan fingerprint density at radius 3 is 0.815 bits per heavy atom. The molecule has 0 aliphatic heterocycles. The maximum atomic E-state index is 12.9. The summed E-state index contributed by atoms with van der Waals surface area (Å²) in [6.07, 6.45) is 94.0. The standard InChI is InChI=1S/C75H128O6/c1-4-7-10-13-16-19-22-25-28-31-33-34-35-36-37-38-39-40-42-44-47-50-53-56-59-62-65-68-74(77)80-71-72(70-79-73(76)67-64-61-58-55-52-49-46-43-30-27-24-21-18-15-12-9-6-3)81-75(78)69-66-63-60-57-54-51-48-45-41-32-29-26-23-20-17-14-11-8-5-2/h9,12,18,21-22,25-27,29-31,33,35-36,46,49,55,58,72H,4-8,10-11,13-17,19-20,23-24,28,32,34,37-45,47-48,50-54,56-57,59-71H2,1-3H3/b12-9-,21-18-,25-22-,29-26-,30-27-,33-31-,36-35-,49-46-,58-55-. The van der Waals surface area contributed by atoms with Crippen molar-refractivity contribution >= 4 is 17.9 Å². The van der Waals surface area contributed by atoms with Crippen molar-refractivity contribution < 1.29 is 28.6 Å². The van der Waals surface area contributed by atoms with Gasteiger partial charge in [0, 0.05) is 19.3 Å². The van der Waals surface area contributed by atoms with Crippen LogP contribution in [0.1, 0.15) is 329 Å². The Balaban J connectivity index is 4.39. The van der Waals surface area contributed by atoms with Gasteiger partial charge in [-0.1, -0.05) is 297 Å². The first-order valence-corrected chi connectivity index (χ1v) is 34.4. The fourth-order valence-corrected chi connectivity index (χ4v) is 9.60. The first-order valence-electron chi connectivity index (χ1n) is 34.4. The lowest BCUT2D eigenvalue weighted by atomic mass is 10.0. The molecule has 6 nitrogen and oxygen atoms in total. The van der Waals surface area contributed by atoms with E-state index in [4.69, 9.17) is 14.2 Å². The highest BCUT2D eigenvalue weighted by Crippen LogP contribution is 2.16. The summed E-state index contributed by atoms with van der Waals surface area (Å²) >= 11 is 0. The average molecular weight is 1130 g/mol. The predicted molar refractivity (Wildman–Crippen MR) is 353 cm³/mol. The second kappa shape index (κ2) is 68.6. The van der Waals surface area contributed by atoms with E-state index in [2.05, 4.69) is 130 Å². The lowest BCUT2D eigenvalue weighted by molar-refractivity contribution is -0.167. The van der Waals surface area contributed by atoms with Crippen molar-refractivity contribution in [3.63, 3.8) is 0 Å². The second-order valence-corrected chi connectivity index (χ2v) is 22.7. The smallest absolute Gasteiger partial charge is 0.306 e. The van der Waals surface area contributed by atoms with E-state index in [9.17, 15) is 14.4 Å². The summed E-state index contributed by atoms with van der Waals surface area (Å²) in [6.45, 7) is 6.49. The van der Waals surface area contributed by atoms with Crippen molar-refractivity contribution in [3.05, 3.63) is 109 Å². The molecule has 0 N–H and O–H groups in total. The third-order valence-corrected chi connectivity index (χ3v) is 14.7. The molecule has 464 valence electrons. The molecule has 0 saturated carbocycles. The summed E-state index contributed by atoms with van der Waals surface area (Å²) in [5, 5.41) is 0. The number of carbonyl (C=O) groups excluding carboxylic acids is 3. The highest BCUT2D eigenvalue weighted by Gasteiger charge is 2.19. The first kappa shape index (κ1) is 77.1. The molecule has 0 aromatic carbocycles. The number of hydrogen-bond acceptors (Lipinski definition) is 6. The van der Waals surface area contributed by atoms with E-state index in [1.807, 2.05) is 0 Å². The molecule has 1 unspecified atom stereocenters. The van der Waals surface area contributed by atoms with Crippen molar-refractivity contribution in [1.29, 1.82) is 0 Å². The number of ether oxygens (including phenoxy) is 3. The van der Waals surface area contributed by atoms with Crippen molar-refractivity contribution in [2.45, 2.75) is 335 Å². The lowest BCUT2D eigenvalue weighted by Crippen LogP contribution is -2.30. The SMILES string of the molecule is CC/C=C\C/C=C\C/C=C\C/C=C\C/C=C\CCCC(=O)OCC(COC(=O)CCCCCCCCCCCCCC/C=C\C/C=C\C/C=C\CCCCCCC)OC(=O)CCCCCCCCCCC/C=C\CCCCCCCC. The molecule has 0 aromatic heterocycles. The van der Waals surface area contributed by atoms with E-state index < -0.39 is 6.10 Å². The van der Waals surface area contributed by atoms with Crippen LogP contribution in [0.2, 0.25) is 0 Å². The van der Waals surface area contributed by atoms with Crippen molar-refractivity contribution in [2.75, 3.05) is 13.2 Å². The van der Waals surface area contributed by atoms with E-state index >= 15 is 0 Å². The largest absolute Gasteiger partial charge is 0.462 e. The highest BCUT2D eigenvalue weighted by molar-refractivity contribution is 5.71. The van der Waals surface area contributed by atoms with Gasteiger partial charge in [0.2, 0.25) is 0 Å². The summed E-state index contributed by atoms with van der Waals surface area (Å²) < 4.78 is 16.9. The molecule has 0 saturated heterocycles. The summed E-state index contributed by atoms with van der Waals surface area (Å²) in [5.74, 6) is -0.951. The summed E-state index contributed by atoms with van der Waals surface area (Å²) in [6, 6.07) is 0. The molecule has 0 fully saturated rings. The van der Waals surface area contributed by atoms with Gasteiger partial charge in [-0.05, 0) is 122 Å². The van der Waals surface area contributed by atoms with Gasteiger partial charge in [-0.15, -0.1) is 0 Å². The first-order chi connectivity index (χ1) is 40.0. The van der Waals surface area contributed by atoms with Crippen LogP contribution in [0.15, 0.2) is 109 Å². The van der Waals surface area contributed by atoms with Gasteiger partial charge in [0.1, 0.15) is 13.2 Å². The zero-order valence-electron chi connectivity index (χ0n) is 53.3. The quantitative estimate of drug-likeness (QED) is 0.0261. The maximum absolute atomic E-state index is 12.9. The van der Waals surface area contributed by atoms with Gasteiger partial charge < -0.3 is 14.2 Å². The predicted octanol–water partition coefficient (Wildman–Crippen LogP) is 23.8. The van der Waals surface area contributed by atoms with E-state index in [0.29, 0.717) is 19.3 Å². The van der Waals surface area contributed by atoms with Crippen LogP contribution in [0, 0.1) is 0 Å². The molecule has 0 aromatic rings. The van der Waals surface area contributed by atoms with Crippen LogP contribution < -0.4 is 0 Å². The van der Waals surface area contributed by atoms with Crippen LogP contribution in [-0.2, 0) is 28.6 Å². The molecule has 0 rings (SSSR count). The molecular formula is C75H128O6. The minimum Gasteiger partial charge on any atom is -0.462 e. The minimum absolute atomic E-state index is 0.0972. The van der Waals surface area contributed by atoms with Crippen LogP contribution in [-0.4, -0.2) is 37.2 Å². The van der Waals surface area contributed by atoms with E-state index in [1.165, 1.54) is 193 Å². The maximum Gasteiger partial charge on any atom is 0.306 e. The molecule has 0 spiro atoms. The molecule has 0 aliphatic carbocycles. The number of allylic oxidation sites excluding steroid dienone is 18. The van der Waals surface area contributed by atoms with Crippen LogP contribution in [0.25, 0.3) is 0 Å². The van der Waals surface area contributed by atoms with Crippen LogP contribution in [0.5, 0.6) is 0 Å². The van der Waals surface area contributed by atoms with Gasteiger partial charge in [-0.25, -0.2) is 0 Å². The Morgan fingerprint density at radius 1 is 0.259 bits per heavy atom. The van der Waals surface area contributed by atoms with Crippen LogP contribution in [0.3, 0.4) is 0 Å². The Bertz CT molecular complexity index is 1620. The van der Waals surface area contributed by atoms with Gasteiger partial charge in [0.25, 0.3) is 0 Å². The van der Waals surface area contributed by atoms with Crippen molar-refractivity contribution in [2.24, 2.45) is 0 Å². The van der Waals surface area contributed by atoms with E-state index in [1.54, 1.807) is 0 Å². The number of hydrogen-bond donors (Lipinski definition) is 0. The fraction of sp³-hybridized carbons (Fsp3) is 0.720. The number of rotatable bonds is 62. The Labute approximate surface area is 501 Å². The zero-order valence-corrected chi connectivity index (χ0v) is 53.3. The summed E-state index contributed by atoms with van der Waals surface area (Å²) in [5.41, 5.74) is 0. The molecule has 0 radical (unpaired) electrons. The molecule has 0 amide bonds. The fourth-order valence-electron chi connectivity index (χ4n) is 9.60. The van der Waals surface area contributed by atoms with Crippen LogP contribution in [0.4, 0.5) is 0 Å². The average Bonchev–Trinajstić information content (AvgIpc) is 3.47. The minimum atomic E-state index is -0.806. The molecule has 0 aliphatic rings. The lowest BCUT2D eigenvalue weighted by Gasteiger charge is -2.18. The topological polar surface area (TPSA) is 78.9 Å².